The van der Waals surface area contributed by atoms with Gasteiger partial charge in [0.05, 0.1) is 6.61 Å². The van der Waals surface area contributed by atoms with Crippen LogP contribution >= 0.6 is 0 Å². The van der Waals surface area contributed by atoms with Crippen LogP contribution in [0, 0.1) is 5.92 Å². The van der Waals surface area contributed by atoms with Crippen molar-refractivity contribution >= 4 is 6.09 Å². The fourth-order valence-corrected chi connectivity index (χ4v) is 1.80. The smallest absolute Gasteiger partial charge is 0.410 e. The Morgan fingerprint density at radius 1 is 1.40 bits per heavy atom. The van der Waals surface area contributed by atoms with E-state index >= 15 is 0 Å². The van der Waals surface area contributed by atoms with Gasteiger partial charge in [-0.25, -0.2) is 4.79 Å². The predicted octanol–water partition coefficient (Wildman–Crippen LogP) is 1.46. The highest BCUT2D eigenvalue weighted by atomic mass is 16.6. The van der Waals surface area contributed by atoms with Crippen LogP contribution in [-0.2, 0) is 4.74 Å². The Kier molecular flexibility index (Phi) is 4.39. The highest BCUT2D eigenvalue weighted by Gasteiger charge is 2.29. The fourth-order valence-electron chi connectivity index (χ4n) is 1.80. The molecule has 1 amide bonds. The molecule has 0 aromatic heterocycles. The van der Waals surface area contributed by atoms with Gasteiger partial charge in [-0.1, -0.05) is 13.8 Å². The Morgan fingerprint density at radius 3 is 2.40 bits per heavy atom. The molecule has 2 atom stereocenters. The Morgan fingerprint density at radius 2 is 1.93 bits per heavy atom. The lowest BCUT2D eigenvalue weighted by Crippen LogP contribution is -2.57. The molecule has 4 nitrogen and oxygen atoms in total. The number of carbonyl (C=O) groups excluding carboxylic acids is 1. The summed E-state index contributed by atoms with van der Waals surface area (Å²) in [6.45, 7) is 10.4. The van der Waals surface area contributed by atoms with Crippen LogP contribution in [0.25, 0.3) is 0 Å². The van der Waals surface area contributed by atoms with Crippen LogP contribution in [0.1, 0.15) is 27.7 Å². The van der Waals surface area contributed by atoms with E-state index in [-0.39, 0.29) is 18.2 Å². The zero-order chi connectivity index (χ0) is 11.4. The molecule has 88 valence electrons. The second kappa shape index (κ2) is 5.35. The van der Waals surface area contributed by atoms with Gasteiger partial charge in [-0.2, -0.15) is 0 Å². The Hall–Kier alpha value is -0.770. The van der Waals surface area contributed by atoms with Gasteiger partial charge in [0.15, 0.2) is 0 Å². The summed E-state index contributed by atoms with van der Waals surface area (Å²) >= 11 is 0. The van der Waals surface area contributed by atoms with Crippen LogP contribution < -0.4 is 5.32 Å². The maximum Gasteiger partial charge on any atom is 0.410 e. The molecule has 4 heteroatoms. The van der Waals surface area contributed by atoms with E-state index in [0.29, 0.717) is 12.5 Å². The average Bonchev–Trinajstić information content (AvgIpc) is 2.14. The van der Waals surface area contributed by atoms with Crippen LogP contribution in [-0.4, -0.2) is 42.8 Å². The van der Waals surface area contributed by atoms with Gasteiger partial charge in [-0.15, -0.1) is 0 Å². The minimum atomic E-state index is -0.176. The lowest BCUT2D eigenvalue weighted by molar-refractivity contribution is 0.0542. The molecule has 1 N–H and O–H groups in total. The maximum absolute atomic E-state index is 11.8. The van der Waals surface area contributed by atoms with E-state index < -0.39 is 0 Å². The molecule has 1 aliphatic heterocycles. The molecule has 0 aromatic rings. The van der Waals surface area contributed by atoms with Gasteiger partial charge in [0.2, 0.25) is 0 Å². The molecule has 1 saturated heterocycles. The van der Waals surface area contributed by atoms with E-state index in [2.05, 4.69) is 5.32 Å². The normalized spacial score (nSPS) is 26.9. The van der Waals surface area contributed by atoms with Crippen LogP contribution in [0.5, 0.6) is 0 Å². The van der Waals surface area contributed by atoms with E-state index in [1.54, 1.807) is 0 Å². The summed E-state index contributed by atoms with van der Waals surface area (Å²) in [5.41, 5.74) is 0. The van der Waals surface area contributed by atoms with E-state index in [1.165, 1.54) is 0 Å². The molecule has 15 heavy (non-hydrogen) atoms. The van der Waals surface area contributed by atoms with Crippen LogP contribution in [0.2, 0.25) is 0 Å². The van der Waals surface area contributed by atoms with Crippen molar-refractivity contribution in [2.75, 3.05) is 19.7 Å². The third kappa shape index (κ3) is 3.38. The summed E-state index contributed by atoms with van der Waals surface area (Å²) in [6.07, 6.45) is -0.176. The SMILES string of the molecule is CC(C)COC(=O)N1C(C)CNCC1C. The Bertz CT molecular complexity index is 209. The van der Waals surface area contributed by atoms with Crippen LogP contribution in [0.15, 0.2) is 0 Å². The molecular formula is C11H22N2O2. The quantitative estimate of drug-likeness (QED) is 0.756. The number of hydrogen-bond acceptors (Lipinski definition) is 3. The number of amides is 1. The molecule has 1 aliphatic rings. The molecule has 0 bridgehead atoms. The van der Waals surface area contributed by atoms with E-state index in [4.69, 9.17) is 4.74 Å². The molecule has 0 aromatic carbocycles. The second-order valence-electron chi connectivity index (χ2n) is 4.73. The fraction of sp³-hybridized carbons (Fsp3) is 0.909. The van der Waals surface area contributed by atoms with Crippen molar-refractivity contribution in [2.24, 2.45) is 5.92 Å². The number of ether oxygens (including phenoxy) is 1. The number of hydrogen-bond donors (Lipinski definition) is 1. The monoisotopic (exact) mass is 214 g/mol. The first-order valence-electron chi connectivity index (χ1n) is 5.68. The van der Waals surface area contributed by atoms with Gasteiger partial charge >= 0.3 is 6.09 Å². The minimum Gasteiger partial charge on any atom is -0.449 e. The van der Waals surface area contributed by atoms with Crippen molar-refractivity contribution in [1.29, 1.82) is 0 Å². The molecule has 0 radical (unpaired) electrons. The number of rotatable bonds is 2. The third-order valence-electron chi connectivity index (χ3n) is 2.58. The Balaban J connectivity index is 2.48. The predicted molar refractivity (Wildman–Crippen MR) is 59.8 cm³/mol. The average molecular weight is 214 g/mol. The van der Waals surface area contributed by atoms with Gasteiger partial charge in [0.25, 0.3) is 0 Å². The van der Waals surface area contributed by atoms with Crippen molar-refractivity contribution < 1.29 is 9.53 Å². The molecule has 0 spiro atoms. The van der Waals surface area contributed by atoms with Crippen LogP contribution in [0.3, 0.4) is 0 Å². The van der Waals surface area contributed by atoms with E-state index in [9.17, 15) is 4.79 Å². The second-order valence-corrected chi connectivity index (χ2v) is 4.73. The highest BCUT2D eigenvalue weighted by Crippen LogP contribution is 2.11. The summed E-state index contributed by atoms with van der Waals surface area (Å²) in [7, 11) is 0. The van der Waals surface area contributed by atoms with Gasteiger partial charge < -0.3 is 15.0 Å². The molecular weight excluding hydrogens is 192 g/mol. The van der Waals surface area contributed by atoms with Crippen molar-refractivity contribution in [3.8, 4) is 0 Å². The zero-order valence-corrected chi connectivity index (χ0v) is 10.1. The molecule has 2 unspecified atom stereocenters. The molecule has 1 fully saturated rings. The van der Waals surface area contributed by atoms with E-state index in [1.807, 2.05) is 32.6 Å². The van der Waals surface area contributed by atoms with Crippen molar-refractivity contribution in [2.45, 2.75) is 39.8 Å². The van der Waals surface area contributed by atoms with Gasteiger partial charge in [-0.05, 0) is 19.8 Å². The first-order valence-corrected chi connectivity index (χ1v) is 5.68. The number of nitrogens with zero attached hydrogens (tertiary/aromatic N) is 1. The number of piperazine rings is 1. The minimum absolute atomic E-state index is 0.176. The first-order chi connectivity index (χ1) is 7.02. The maximum atomic E-state index is 11.8. The summed E-state index contributed by atoms with van der Waals surface area (Å²) in [4.78, 5) is 13.6. The molecule has 1 heterocycles. The largest absolute Gasteiger partial charge is 0.449 e. The van der Waals surface area contributed by atoms with E-state index in [0.717, 1.165) is 13.1 Å². The summed E-state index contributed by atoms with van der Waals surface area (Å²) in [5.74, 6) is 0.391. The summed E-state index contributed by atoms with van der Waals surface area (Å²) in [5, 5.41) is 3.28. The summed E-state index contributed by atoms with van der Waals surface area (Å²) < 4.78 is 5.24. The zero-order valence-electron chi connectivity index (χ0n) is 10.1. The van der Waals surface area contributed by atoms with Crippen molar-refractivity contribution in [1.82, 2.24) is 10.2 Å². The number of nitrogens with one attached hydrogen (secondary N) is 1. The lowest BCUT2D eigenvalue weighted by atomic mass is 10.1. The van der Waals surface area contributed by atoms with Gasteiger partial charge in [0.1, 0.15) is 0 Å². The topological polar surface area (TPSA) is 41.6 Å². The lowest BCUT2D eigenvalue weighted by Gasteiger charge is -2.38. The highest BCUT2D eigenvalue weighted by molar-refractivity contribution is 5.68. The van der Waals surface area contributed by atoms with Crippen molar-refractivity contribution in [3.63, 3.8) is 0 Å². The third-order valence-corrected chi connectivity index (χ3v) is 2.58. The Labute approximate surface area is 92.0 Å². The molecule has 0 saturated carbocycles. The molecule has 0 aliphatic carbocycles. The van der Waals surface area contributed by atoms with Crippen LogP contribution in [0.4, 0.5) is 4.79 Å². The first kappa shape index (κ1) is 12.3. The number of carbonyl (C=O) groups is 1. The van der Waals surface area contributed by atoms with Gasteiger partial charge in [0, 0.05) is 25.2 Å². The summed E-state index contributed by atoms with van der Waals surface area (Å²) in [6, 6.07) is 0.432. The van der Waals surface area contributed by atoms with Crippen molar-refractivity contribution in [3.05, 3.63) is 0 Å². The molecule has 1 rings (SSSR count). The van der Waals surface area contributed by atoms with Gasteiger partial charge in [-0.3, -0.25) is 0 Å². The standard InChI is InChI=1S/C11H22N2O2/c1-8(2)7-15-11(14)13-9(3)5-12-6-10(13)4/h8-10,12H,5-7H2,1-4H3.